The summed E-state index contributed by atoms with van der Waals surface area (Å²) in [4.78, 5) is 0. The number of benzene rings is 1. The molecule has 0 N–H and O–H groups in total. The minimum Gasteiger partial charge on any atom is -0.193 e. The number of hydrogen-bond donors (Lipinski definition) is 0. The predicted molar refractivity (Wildman–Crippen MR) is 63.9 cm³/mol. The van der Waals surface area contributed by atoms with Gasteiger partial charge in [-0.25, -0.2) is 0 Å². The fourth-order valence-electron chi connectivity index (χ4n) is 1.40. The monoisotopic (exact) mass is 230 g/mol. The highest BCUT2D eigenvalue weighted by atomic mass is 14.3. The lowest BCUT2D eigenvalue weighted by Crippen LogP contribution is -1.92. The molecule has 0 saturated carbocycles. The molecule has 0 radical (unpaired) electrons. The third-order valence-electron chi connectivity index (χ3n) is 2.13. The van der Waals surface area contributed by atoms with Crippen molar-refractivity contribution in [2.75, 3.05) is 0 Å². The van der Waals surface area contributed by atoms with Gasteiger partial charge < -0.3 is 0 Å². The molecule has 0 saturated heterocycles. The van der Waals surface area contributed by atoms with Crippen molar-refractivity contribution < 1.29 is 0 Å². The van der Waals surface area contributed by atoms with Gasteiger partial charge in [-0.2, -0.15) is 21.0 Å². The van der Waals surface area contributed by atoms with Crippen molar-refractivity contribution in [2.45, 2.75) is 0 Å². The zero-order valence-electron chi connectivity index (χ0n) is 9.25. The molecule has 0 fully saturated rings. The third kappa shape index (κ3) is 2.61. The summed E-state index contributed by atoms with van der Waals surface area (Å²) in [6, 6.07) is 15.6. The molecule has 1 rings (SSSR count). The fraction of sp³-hybridized carbons (Fsp3) is 0. The summed E-state index contributed by atoms with van der Waals surface area (Å²) in [5.41, 5.74) is 0.550. The largest absolute Gasteiger partial charge is 0.193 e. The summed E-state index contributed by atoms with van der Waals surface area (Å²) in [6.45, 7) is 0. The molecular weight excluding hydrogens is 224 g/mol. The topological polar surface area (TPSA) is 95.2 Å². The van der Waals surface area contributed by atoms with E-state index in [4.69, 9.17) is 21.0 Å². The quantitative estimate of drug-likeness (QED) is 0.575. The number of allylic oxidation sites excluding steroid dienone is 4. The molecule has 0 spiro atoms. The first-order valence-corrected chi connectivity index (χ1v) is 4.88. The van der Waals surface area contributed by atoms with Crippen molar-refractivity contribution in [2.24, 2.45) is 0 Å². The summed E-state index contributed by atoms with van der Waals surface area (Å²) >= 11 is 0. The highest BCUT2D eigenvalue weighted by Crippen LogP contribution is 2.25. The van der Waals surface area contributed by atoms with Gasteiger partial charge in [0.1, 0.15) is 23.8 Å². The number of hydrogen-bond acceptors (Lipinski definition) is 4. The fourth-order valence-corrected chi connectivity index (χ4v) is 1.40. The van der Waals surface area contributed by atoms with Gasteiger partial charge in [-0.3, -0.25) is 0 Å². The van der Waals surface area contributed by atoms with Crippen LogP contribution in [-0.2, 0) is 0 Å². The van der Waals surface area contributed by atoms with Gasteiger partial charge in [-0.15, -0.1) is 0 Å². The highest BCUT2D eigenvalue weighted by Gasteiger charge is 2.13. The third-order valence-corrected chi connectivity index (χ3v) is 2.13. The van der Waals surface area contributed by atoms with Crippen LogP contribution in [0.15, 0.2) is 47.6 Å². The maximum atomic E-state index is 9.01. The summed E-state index contributed by atoms with van der Waals surface area (Å²) in [5.74, 6) is 0. The van der Waals surface area contributed by atoms with Crippen LogP contribution in [-0.4, -0.2) is 0 Å². The smallest absolute Gasteiger partial charge is 0.138 e. The second kappa shape index (κ2) is 6.29. The predicted octanol–water partition coefficient (Wildman–Crippen LogP) is 2.46. The van der Waals surface area contributed by atoms with E-state index >= 15 is 0 Å². The van der Waals surface area contributed by atoms with Gasteiger partial charge in [0.15, 0.2) is 0 Å². The van der Waals surface area contributed by atoms with Gasteiger partial charge in [0.05, 0.1) is 11.6 Å². The Morgan fingerprint density at radius 2 is 1.50 bits per heavy atom. The number of nitrogens with zero attached hydrogens (tertiary/aromatic N) is 4. The second-order valence-corrected chi connectivity index (χ2v) is 3.14. The van der Waals surface area contributed by atoms with Crippen LogP contribution in [0.5, 0.6) is 0 Å². The molecule has 0 aromatic heterocycles. The standard InChI is InChI=1S/C14H6N4/c15-7-6-12(8-16)14(13(9-17)10-18)11-4-2-1-3-5-11/h1-6H/b12-6+. The molecule has 18 heavy (non-hydrogen) atoms. The van der Waals surface area contributed by atoms with Crippen molar-refractivity contribution in [1.82, 2.24) is 0 Å². The van der Waals surface area contributed by atoms with Crippen LogP contribution in [0.25, 0.3) is 5.57 Å². The Morgan fingerprint density at radius 3 is 1.94 bits per heavy atom. The number of rotatable bonds is 2. The molecule has 0 bridgehead atoms. The van der Waals surface area contributed by atoms with Gasteiger partial charge in [0.25, 0.3) is 0 Å². The summed E-state index contributed by atoms with van der Waals surface area (Å²) in [6.07, 6.45) is 1.02. The van der Waals surface area contributed by atoms with E-state index in [1.165, 1.54) is 0 Å². The zero-order chi connectivity index (χ0) is 13.4. The Labute approximate surface area is 105 Å². The lowest BCUT2D eigenvalue weighted by molar-refractivity contribution is 1.43. The Kier molecular flexibility index (Phi) is 4.45. The van der Waals surface area contributed by atoms with Gasteiger partial charge in [-0.05, 0) is 5.56 Å². The average Bonchev–Trinajstić information content (AvgIpc) is 2.43. The molecule has 0 aliphatic carbocycles. The molecule has 0 heterocycles. The SMILES string of the molecule is N#C/C=C(\C#N)C(=C(C#N)C#N)c1ccccc1. The van der Waals surface area contributed by atoms with E-state index in [-0.39, 0.29) is 16.7 Å². The maximum Gasteiger partial charge on any atom is 0.138 e. The van der Waals surface area contributed by atoms with Crippen molar-refractivity contribution in [3.05, 3.63) is 53.1 Å². The minimum atomic E-state index is -0.191. The van der Waals surface area contributed by atoms with Crippen LogP contribution in [0.4, 0.5) is 0 Å². The summed E-state index contributed by atoms with van der Waals surface area (Å²) in [7, 11) is 0. The summed E-state index contributed by atoms with van der Waals surface area (Å²) in [5, 5.41) is 35.5. The first-order valence-electron chi connectivity index (χ1n) is 4.88. The first kappa shape index (κ1) is 12.7. The van der Waals surface area contributed by atoms with Gasteiger partial charge >= 0.3 is 0 Å². The Hall–Kier alpha value is -3.34. The summed E-state index contributed by atoms with van der Waals surface area (Å²) < 4.78 is 0. The molecule has 0 unspecified atom stereocenters. The second-order valence-electron chi connectivity index (χ2n) is 3.14. The highest BCUT2D eigenvalue weighted by molar-refractivity contribution is 5.89. The Balaban J connectivity index is 3.62. The van der Waals surface area contributed by atoms with Crippen LogP contribution in [0, 0.1) is 45.3 Å². The van der Waals surface area contributed by atoms with Crippen molar-refractivity contribution in [1.29, 1.82) is 21.0 Å². The lowest BCUT2D eigenvalue weighted by atomic mass is 9.94. The average molecular weight is 230 g/mol. The van der Waals surface area contributed by atoms with Crippen LogP contribution < -0.4 is 0 Å². The molecule has 0 atom stereocenters. The molecule has 0 aliphatic rings. The van der Waals surface area contributed by atoms with Crippen LogP contribution in [0.2, 0.25) is 0 Å². The van der Waals surface area contributed by atoms with Gasteiger partial charge in [-0.1, -0.05) is 30.3 Å². The van der Waals surface area contributed by atoms with E-state index in [1.54, 1.807) is 48.5 Å². The molecule has 4 heteroatoms. The molecule has 4 nitrogen and oxygen atoms in total. The normalized spacial score (nSPS) is 9.22. The minimum absolute atomic E-state index is 0.00167. The van der Waals surface area contributed by atoms with E-state index in [0.29, 0.717) is 5.56 Å². The van der Waals surface area contributed by atoms with Crippen molar-refractivity contribution >= 4 is 5.57 Å². The molecule has 0 amide bonds. The Morgan fingerprint density at radius 1 is 0.889 bits per heavy atom. The molecule has 1 aromatic carbocycles. The van der Waals surface area contributed by atoms with E-state index in [9.17, 15) is 0 Å². The van der Waals surface area contributed by atoms with E-state index in [1.807, 2.05) is 6.07 Å². The van der Waals surface area contributed by atoms with Crippen molar-refractivity contribution in [3.63, 3.8) is 0 Å². The van der Waals surface area contributed by atoms with Gasteiger partial charge in [0, 0.05) is 11.6 Å². The lowest BCUT2D eigenvalue weighted by Gasteiger charge is -2.05. The van der Waals surface area contributed by atoms with Gasteiger partial charge in [0.2, 0.25) is 0 Å². The molecule has 1 aromatic rings. The van der Waals surface area contributed by atoms with Crippen LogP contribution in [0.3, 0.4) is 0 Å². The molecular formula is C14H6N4. The molecule has 82 valence electrons. The van der Waals surface area contributed by atoms with E-state index < -0.39 is 0 Å². The van der Waals surface area contributed by atoms with E-state index in [0.717, 1.165) is 6.08 Å². The van der Waals surface area contributed by atoms with E-state index in [2.05, 4.69) is 0 Å². The van der Waals surface area contributed by atoms with Crippen LogP contribution in [0.1, 0.15) is 5.56 Å². The number of nitriles is 4. The first-order chi connectivity index (χ1) is 8.78. The maximum absolute atomic E-state index is 9.01. The van der Waals surface area contributed by atoms with Crippen molar-refractivity contribution in [3.8, 4) is 24.3 Å². The molecule has 0 aliphatic heterocycles. The van der Waals surface area contributed by atoms with Crippen LogP contribution >= 0.6 is 0 Å². The Bertz CT molecular complexity index is 652. The zero-order valence-corrected chi connectivity index (χ0v) is 9.25.